The van der Waals surface area contributed by atoms with Gasteiger partial charge in [-0.15, -0.1) is 0 Å². The number of benzene rings is 2. The number of aldehydes is 1. The van der Waals surface area contributed by atoms with E-state index in [1.54, 1.807) is 49.4 Å². The summed E-state index contributed by atoms with van der Waals surface area (Å²) in [5, 5.41) is 3.05. The molecule has 0 aliphatic carbocycles. The third-order valence-electron chi connectivity index (χ3n) is 3.64. The summed E-state index contributed by atoms with van der Waals surface area (Å²) in [7, 11) is 0. The molecule has 0 saturated carbocycles. The molecule has 136 valence electrons. The maximum Gasteiger partial charge on any atom is 0.341 e. The van der Waals surface area contributed by atoms with Gasteiger partial charge in [-0.3, -0.25) is 9.59 Å². The number of anilines is 1. The lowest BCUT2D eigenvalue weighted by molar-refractivity contribution is -0.165. The second-order valence-electron chi connectivity index (χ2n) is 5.69. The molecule has 1 N–H and O–H groups in total. The molecule has 0 spiro atoms. The number of hydrogen-bond acceptors (Lipinski definition) is 6. The fourth-order valence-corrected chi connectivity index (χ4v) is 2.27. The zero-order valence-electron chi connectivity index (χ0n) is 14.7. The summed E-state index contributed by atoms with van der Waals surface area (Å²) in [6.45, 7) is 3.66. The van der Waals surface area contributed by atoms with E-state index < -0.39 is 18.2 Å². The van der Waals surface area contributed by atoms with Gasteiger partial charge in [-0.2, -0.15) is 0 Å². The van der Waals surface area contributed by atoms with Gasteiger partial charge < -0.3 is 14.8 Å². The molecule has 2 aromatic rings. The molecule has 0 amide bonds. The smallest absolute Gasteiger partial charge is 0.341 e. The van der Waals surface area contributed by atoms with Crippen LogP contribution in [0.15, 0.2) is 48.5 Å². The minimum atomic E-state index is -0.971. The highest BCUT2D eigenvalue weighted by molar-refractivity contribution is 5.91. The minimum Gasteiger partial charge on any atom is -0.425 e. The number of carbonyl (C=O) groups is 3. The number of nitrogens with one attached hydrogen (secondary N) is 1. The monoisotopic (exact) mass is 355 g/mol. The topological polar surface area (TPSA) is 81.7 Å². The van der Waals surface area contributed by atoms with Crippen molar-refractivity contribution in [3.05, 3.63) is 65.2 Å². The Hall–Kier alpha value is -3.15. The highest BCUT2D eigenvalue weighted by Crippen LogP contribution is 2.11. The van der Waals surface area contributed by atoms with Crippen molar-refractivity contribution in [1.29, 1.82) is 0 Å². The molecule has 1 unspecified atom stereocenters. The van der Waals surface area contributed by atoms with Gasteiger partial charge in [0.25, 0.3) is 0 Å². The summed E-state index contributed by atoms with van der Waals surface area (Å²) in [6, 6.07) is 13.9. The van der Waals surface area contributed by atoms with Crippen LogP contribution in [0.25, 0.3) is 0 Å². The van der Waals surface area contributed by atoms with E-state index in [9.17, 15) is 14.4 Å². The maximum atomic E-state index is 12.1. The van der Waals surface area contributed by atoms with Crippen LogP contribution in [0.4, 0.5) is 5.69 Å². The Morgan fingerprint density at radius 3 is 2.42 bits per heavy atom. The molecule has 2 rings (SSSR count). The Bertz CT molecular complexity index is 770. The lowest BCUT2D eigenvalue weighted by Gasteiger charge is -2.15. The first-order valence-electron chi connectivity index (χ1n) is 8.25. The molecule has 0 saturated heterocycles. The number of rotatable bonds is 8. The lowest BCUT2D eigenvalue weighted by Crippen LogP contribution is -2.23. The predicted octanol–water partition coefficient (Wildman–Crippen LogP) is 3.36. The fourth-order valence-electron chi connectivity index (χ4n) is 2.27. The van der Waals surface area contributed by atoms with Gasteiger partial charge >= 0.3 is 11.9 Å². The van der Waals surface area contributed by atoms with Crippen molar-refractivity contribution >= 4 is 23.9 Å². The first kappa shape index (κ1) is 19.2. The van der Waals surface area contributed by atoms with Gasteiger partial charge in [-0.1, -0.05) is 18.2 Å². The first-order chi connectivity index (χ1) is 12.5. The maximum absolute atomic E-state index is 12.1. The van der Waals surface area contributed by atoms with Gasteiger partial charge in [0.05, 0.1) is 12.0 Å². The average molecular weight is 355 g/mol. The van der Waals surface area contributed by atoms with Gasteiger partial charge in [0.2, 0.25) is 6.29 Å². The third-order valence-corrected chi connectivity index (χ3v) is 3.64. The molecular weight excluding hydrogens is 334 g/mol. The number of aryl methyl sites for hydroxylation is 1. The van der Waals surface area contributed by atoms with E-state index in [-0.39, 0.29) is 6.42 Å². The fraction of sp³-hybridized carbons (Fsp3) is 0.250. The molecule has 0 aliphatic heterocycles. The van der Waals surface area contributed by atoms with Gasteiger partial charge in [0.1, 0.15) is 6.29 Å². The normalized spacial score (nSPS) is 11.3. The van der Waals surface area contributed by atoms with E-state index >= 15 is 0 Å². The van der Waals surface area contributed by atoms with E-state index in [1.807, 2.05) is 6.07 Å². The largest absolute Gasteiger partial charge is 0.425 e. The van der Waals surface area contributed by atoms with E-state index in [0.717, 1.165) is 17.5 Å². The summed E-state index contributed by atoms with van der Waals surface area (Å²) in [5.74, 6) is -1.01. The molecule has 0 aromatic heterocycles. The number of esters is 2. The average Bonchev–Trinajstić information content (AvgIpc) is 2.62. The minimum absolute atomic E-state index is 0.113. The summed E-state index contributed by atoms with van der Waals surface area (Å²) in [4.78, 5) is 34.5. The van der Waals surface area contributed by atoms with Gasteiger partial charge in [0, 0.05) is 24.7 Å². The highest BCUT2D eigenvalue weighted by atomic mass is 16.7. The van der Waals surface area contributed by atoms with Crippen LogP contribution < -0.4 is 5.32 Å². The zero-order valence-corrected chi connectivity index (χ0v) is 14.7. The van der Waals surface area contributed by atoms with Crippen LogP contribution >= 0.6 is 0 Å². The molecule has 26 heavy (non-hydrogen) atoms. The number of carbonyl (C=O) groups excluding carboxylic acids is 3. The molecule has 6 heteroatoms. The number of hydrogen-bond donors (Lipinski definition) is 1. The van der Waals surface area contributed by atoms with Crippen molar-refractivity contribution in [2.75, 3.05) is 11.9 Å². The molecular formula is C20H21NO5. The Labute approximate surface area is 152 Å². The second kappa shape index (κ2) is 9.36. The molecule has 1 atom stereocenters. The standard InChI is InChI=1S/C20H21NO5/c1-14-5-3-4-6-18(14)20(24)26-15(2)25-19(23)11-12-21-17-9-7-16(13-22)8-10-17/h3-10,13,15,21H,11-12H2,1-2H3. The van der Waals surface area contributed by atoms with Crippen molar-refractivity contribution in [2.24, 2.45) is 0 Å². The summed E-state index contributed by atoms with van der Waals surface area (Å²) < 4.78 is 10.2. The Kier molecular flexibility index (Phi) is 6.91. The van der Waals surface area contributed by atoms with Crippen molar-refractivity contribution < 1.29 is 23.9 Å². The number of ether oxygens (including phenoxy) is 2. The van der Waals surface area contributed by atoms with Crippen LogP contribution in [0.5, 0.6) is 0 Å². The van der Waals surface area contributed by atoms with Crippen LogP contribution in [0.2, 0.25) is 0 Å². The highest BCUT2D eigenvalue weighted by Gasteiger charge is 2.16. The molecule has 0 fully saturated rings. The Balaban J connectivity index is 1.73. The summed E-state index contributed by atoms with van der Waals surface area (Å²) in [5.41, 5.74) is 2.61. The third kappa shape index (κ3) is 5.73. The van der Waals surface area contributed by atoms with Gasteiger partial charge in [0.15, 0.2) is 0 Å². The molecule has 0 aliphatic rings. The van der Waals surface area contributed by atoms with Crippen molar-refractivity contribution in [2.45, 2.75) is 26.6 Å². The Morgan fingerprint density at radius 2 is 1.77 bits per heavy atom. The Morgan fingerprint density at radius 1 is 1.08 bits per heavy atom. The van der Waals surface area contributed by atoms with Crippen molar-refractivity contribution in [1.82, 2.24) is 0 Å². The molecule has 6 nitrogen and oxygen atoms in total. The first-order valence-corrected chi connectivity index (χ1v) is 8.25. The van der Waals surface area contributed by atoms with Crippen LogP contribution in [-0.4, -0.2) is 31.1 Å². The molecule has 0 bridgehead atoms. The molecule has 0 radical (unpaired) electrons. The summed E-state index contributed by atoms with van der Waals surface area (Å²) in [6.07, 6.45) is -0.0934. The van der Waals surface area contributed by atoms with Gasteiger partial charge in [-0.25, -0.2) is 4.79 Å². The van der Waals surface area contributed by atoms with E-state index in [4.69, 9.17) is 9.47 Å². The summed E-state index contributed by atoms with van der Waals surface area (Å²) >= 11 is 0. The zero-order chi connectivity index (χ0) is 18.9. The van der Waals surface area contributed by atoms with Crippen molar-refractivity contribution in [3.63, 3.8) is 0 Å². The lowest BCUT2D eigenvalue weighted by atomic mass is 10.1. The molecule has 0 heterocycles. The van der Waals surface area contributed by atoms with Crippen LogP contribution in [0.1, 0.15) is 39.6 Å². The SMILES string of the molecule is Cc1ccccc1C(=O)OC(C)OC(=O)CCNc1ccc(C=O)cc1. The van der Waals surface area contributed by atoms with Crippen LogP contribution in [0, 0.1) is 6.92 Å². The van der Waals surface area contributed by atoms with Gasteiger partial charge in [-0.05, 0) is 42.8 Å². The van der Waals surface area contributed by atoms with E-state index in [2.05, 4.69) is 5.32 Å². The van der Waals surface area contributed by atoms with Crippen LogP contribution in [-0.2, 0) is 14.3 Å². The van der Waals surface area contributed by atoms with Crippen LogP contribution in [0.3, 0.4) is 0 Å². The molecule has 2 aromatic carbocycles. The van der Waals surface area contributed by atoms with Crippen molar-refractivity contribution in [3.8, 4) is 0 Å². The predicted molar refractivity (Wildman–Crippen MR) is 97.1 cm³/mol. The quantitative estimate of drug-likeness (QED) is 0.444. The van der Waals surface area contributed by atoms with E-state index in [1.165, 1.54) is 6.92 Å². The second-order valence-corrected chi connectivity index (χ2v) is 5.69. The van der Waals surface area contributed by atoms with E-state index in [0.29, 0.717) is 17.7 Å².